The number of rotatable bonds is 5. The molecule has 0 spiro atoms. The zero-order valence-electron chi connectivity index (χ0n) is 11.7. The van der Waals surface area contributed by atoms with E-state index >= 15 is 0 Å². The van der Waals surface area contributed by atoms with Gasteiger partial charge in [0.2, 0.25) is 0 Å². The van der Waals surface area contributed by atoms with Gasteiger partial charge in [-0.15, -0.1) is 0 Å². The molecular formula is C15H23N3O2. The van der Waals surface area contributed by atoms with Crippen molar-refractivity contribution in [2.45, 2.75) is 44.6 Å². The van der Waals surface area contributed by atoms with E-state index in [1.807, 2.05) is 6.07 Å². The highest BCUT2D eigenvalue weighted by Gasteiger charge is 2.24. The fraction of sp³-hybridized carbons (Fsp3) is 0.600. The van der Waals surface area contributed by atoms with E-state index in [1.165, 1.54) is 19.3 Å². The lowest BCUT2D eigenvalue weighted by Crippen LogP contribution is -2.43. The van der Waals surface area contributed by atoms with Crippen molar-refractivity contribution in [3.63, 3.8) is 0 Å². The van der Waals surface area contributed by atoms with Crippen LogP contribution in [0.2, 0.25) is 0 Å². The molecule has 0 radical (unpaired) electrons. The number of carbonyl (C=O) groups excluding carboxylic acids is 1. The second-order valence-electron chi connectivity index (χ2n) is 5.33. The molecule has 1 aliphatic rings. The number of aliphatic hydroxyl groups excluding tert-OH is 1. The van der Waals surface area contributed by atoms with Gasteiger partial charge in [-0.2, -0.15) is 0 Å². The van der Waals surface area contributed by atoms with Crippen molar-refractivity contribution in [3.8, 4) is 0 Å². The summed E-state index contributed by atoms with van der Waals surface area (Å²) in [6, 6.07) is 5.19. The van der Waals surface area contributed by atoms with Crippen molar-refractivity contribution in [1.82, 2.24) is 10.3 Å². The molecule has 1 saturated carbocycles. The molecule has 0 aliphatic heterocycles. The number of nitrogens with zero attached hydrogens (tertiary/aromatic N) is 1. The third-order valence-corrected chi connectivity index (χ3v) is 3.88. The quantitative estimate of drug-likeness (QED) is 0.774. The molecule has 5 nitrogen and oxygen atoms in total. The summed E-state index contributed by atoms with van der Waals surface area (Å²) >= 11 is 0. The average Bonchev–Trinajstić information content (AvgIpc) is 2.49. The fourth-order valence-corrected chi connectivity index (χ4v) is 2.86. The van der Waals surface area contributed by atoms with Crippen LogP contribution in [0.3, 0.4) is 0 Å². The molecular weight excluding hydrogens is 254 g/mol. The summed E-state index contributed by atoms with van der Waals surface area (Å²) in [5.74, 6) is 1.02. The maximum atomic E-state index is 12.0. The smallest absolute Gasteiger partial charge is 0.320 e. The van der Waals surface area contributed by atoms with Crippen LogP contribution in [0.25, 0.3) is 0 Å². The van der Waals surface area contributed by atoms with E-state index in [2.05, 4.69) is 15.6 Å². The Morgan fingerprint density at radius 1 is 1.35 bits per heavy atom. The summed E-state index contributed by atoms with van der Waals surface area (Å²) in [6.45, 7) is 0.102. The van der Waals surface area contributed by atoms with Gasteiger partial charge in [-0.1, -0.05) is 25.3 Å². The van der Waals surface area contributed by atoms with Crippen molar-refractivity contribution >= 4 is 11.8 Å². The summed E-state index contributed by atoms with van der Waals surface area (Å²) in [4.78, 5) is 16.1. The first-order valence-electron chi connectivity index (χ1n) is 7.39. The molecule has 0 aromatic carbocycles. The molecule has 1 atom stereocenters. The molecule has 1 aromatic heterocycles. The van der Waals surface area contributed by atoms with Crippen molar-refractivity contribution in [1.29, 1.82) is 0 Å². The first kappa shape index (κ1) is 14.8. The number of hydrogen-bond donors (Lipinski definition) is 3. The van der Waals surface area contributed by atoms with E-state index in [0.29, 0.717) is 18.2 Å². The molecule has 1 fully saturated rings. The highest BCUT2D eigenvalue weighted by molar-refractivity contribution is 5.88. The summed E-state index contributed by atoms with van der Waals surface area (Å²) in [5.41, 5.74) is 0. The van der Waals surface area contributed by atoms with Crippen molar-refractivity contribution in [2.75, 3.05) is 11.9 Å². The maximum Gasteiger partial charge on any atom is 0.320 e. The fourth-order valence-electron chi connectivity index (χ4n) is 2.86. The van der Waals surface area contributed by atoms with Crippen LogP contribution >= 0.6 is 0 Å². The molecule has 5 heteroatoms. The Balaban J connectivity index is 1.88. The number of urea groups is 1. The van der Waals surface area contributed by atoms with E-state index < -0.39 is 0 Å². The van der Waals surface area contributed by atoms with Crippen molar-refractivity contribution in [3.05, 3.63) is 24.4 Å². The molecule has 1 aliphatic carbocycles. The monoisotopic (exact) mass is 277 g/mol. The van der Waals surface area contributed by atoms with Gasteiger partial charge in [0, 0.05) is 18.8 Å². The van der Waals surface area contributed by atoms with Crippen LogP contribution in [0.5, 0.6) is 0 Å². The predicted octanol–water partition coefficient (Wildman–Crippen LogP) is 2.53. The second kappa shape index (κ2) is 7.85. The Bertz CT molecular complexity index is 405. The Kier molecular flexibility index (Phi) is 5.80. The predicted molar refractivity (Wildman–Crippen MR) is 78.5 cm³/mol. The lowest BCUT2D eigenvalue weighted by molar-refractivity contribution is 0.202. The standard InChI is InChI=1S/C15H23N3O2/c19-11-9-13(12-6-2-1-3-7-12)17-15(20)18-14-8-4-5-10-16-14/h4-5,8,10,12-13,19H,1-3,6-7,9,11H2,(H2,16,17,18,20)/t13-/m0/s1. The summed E-state index contributed by atoms with van der Waals surface area (Å²) in [6.07, 6.45) is 8.24. The molecule has 2 amide bonds. The van der Waals surface area contributed by atoms with E-state index in [0.717, 1.165) is 12.8 Å². The Morgan fingerprint density at radius 2 is 2.15 bits per heavy atom. The number of carbonyl (C=O) groups is 1. The second-order valence-corrected chi connectivity index (χ2v) is 5.33. The number of anilines is 1. The third kappa shape index (κ3) is 4.49. The number of pyridine rings is 1. The number of hydrogen-bond acceptors (Lipinski definition) is 3. The lowest BCUT2D eigenvalue weighted by atomic mass is 9.83. The van der Waals surface area contributed by atoms with Crippen molar-refractivity contribution < 1.29 is 9.90 Å². The van der Waals surface area contributed by atoms with Crippen LogP contribution in [-0.4, -0.2) is 28.8 Å². The summed E-state index contributed by atoms with van der Waals surface area (Å²) in [5, 5.41) is 14.9. The maximum absolute atomic E-state index is 12.0. The Morgan fingerprint density at radius 3 is 2.80 bits per heavy atom. The average molecular weight is 277 g/mol. The molecule has 1 heterocycles. The van der Waals surface area contributed by atoms with E-state index in [-0.39, 0.29) is 18.7 Å². The SMILES string of the molecule is O=C(Nc1ccccn1)N[C@@H](CCO)C1CCCCC1. The minimum absolute atomic E-state index is 0.0454. The van der Waals surface area contributed by atoms with Crippen LogP contribution in [0.1, 0.15) is 38.5 Å². The molecule has 1 aromatic rings. The van der Waals surface area contributed by atoms with Crippen LogP contribution in [-0.2, 0) is 0 Å². The van der Waals surface area contributed by atoms with Crippen LogP contribution < -0.4 is 10.6 Å². The lowest BCUT2D eigenvalue weighted by Gasteiger charge is -2.30. The highest BCUT2D eigenvalue weighted by atomic mass is 16.3. The minimum atomic E-state index is -0.243. The van der Waals surface area contributed by atoms with E-state index in [4.69, 9.17) is 0 Å². The van der Waals surface area contributed by atoms with Gasteiger partial charge in [0.1, 0.15) is 5.82 Å². The molecule has 0 bridgehead atoms. The van der Waals surface area contributed by atoms with Crippen molar-refractivity contribution in [2.24, 2.45) is 5.92 Å². The third-order valence-electron chi connectivity index (χ3n) is 3.88. The molecule has 3 N–H and O–H groups in total. The Labute approximate surface area is 119 Å². The van der Waals surface area contributed by atoms with Gasteiger partial charge < -0.3 is 10.4 Å². The highest BCUT2D eigenvalue weighted by Crippen LogP contribution is 2.27. The molecule has 0 saturated heterocycles. The van der Waals surface area contributed by atoms with E-state index in [1.54, 1.807) is 18.3 Å². The zero-order valence-corrected chi connectivity index (χ0v) is 11.7. The van der Waals surface area contributed by atoms with Gasteiger partial charge in [0.15, 0.2) is 0 Å². The van der Waals surface area contributed by atoms with Crippen LogP contribution in [0.15, 0.2) is 24.4 Å². The topological polar surface area (TPSA) is 74.2 Å². The molecule has 20 heavy (non-hydrogen) atoms. The first-order chi connectivity index (χ1) is 9.79. The number of nitrogens with one attached hydrogen (secondary N) is 2. The summed E-state index contributed by atoms with van der Waals surface area (Å²) in [7, 11) is 0. The van der Waals surface area contributed by atoms with Gasteiger partial charge >= 0.3 is 6.03 Å². The van der Waals surface area contributed by atoms with Crippen LogP contribution in [0, 0.1) is 5.92 Å². The molecule has 110 valence electrons. The Hall–Kier alpha value is -1.62. The largest absolute Gasteiger partial charge is 0.396 e. The number of amides is 2. The number of aliphatic hydroxyl groups is 1. The zero-order chi connectivity index (χ0) is 14.2. The normalized spacial score (nSPS) is 17.4. The van der Waals surface area contributed by atoms with Gasteiger partial charge in [-0.05, 0) is 37.3 Å². The van der Waals surface area contributed by atoms with E-state index in [9.17, 15) is 9.90 Å². The number of aromatic nitrogens is 1. The van der Waals surface area contributed by atoms with Gasteiger partial charge in [-0.25, -0.2) is 9.78 Å². The van der Waals surface area contributed by atoms with Gasteiger partial charge in [-0.3, -0.25) is 5.32 Å². The molecule has 0 unspecified atom stereocenters. The van der Waals surface area contributed by atoms with Gasteiger partial charge in [0.05, 0.1) is 0 Å². The first-order valence-corrected chi connectivity index (χ1v) is 7.39. The summed E-state index contributed by atoms with van der Waals surface area (Å²) < 4.78 is 0. The van der Waals surface area contributed by atoms with Crippen LogP contribution in [0.4, 0.5) is 10.6 Å². The minimum Gasteiger partial charge on any atom is -0.396 e. The molecule has 2 rings (SSSR count). The van der Waals surface area contributed by atoms with Gasteiger partial charge in [0.25, 0.3) is 0 Å².